The fraction of sp³-hybridized carbons (Fsp3) is 0.458. The molecule has 1 N–H and O–H groups in total. The number of rotatable bonds is 7. The molecule has 0 saturated carbocycles. The van der Waals surface area contributed by atoms with Crippen LogP contribution in [0.25, 0.3) is 0 Å². The van der Waals surface area contributed by atoms with E-state index in [9.17, 15) is 18.3 Å². The molecule has 0 radical (unpaired) electrons. The number of fused-ring (bicyclic) bond motifs is 1. The Labute approximate surface area is 196 Å². The second-order valence-corrected chi connectivity index (χ2v) is 10.8. The first-order valence-corrected chi connectivity index (χ1v) is 12.4. The molecule has 0 fully saturated rings. The van der Waals surface area contributed by atoms with Gasteiger partial charge in [-0.15, -0.1) is 0 Å². The molecule has 1 aliphatic heterocycles. The first kappa shape index (κ1) is 25.0. The second-order valence-electron chi connectivity index (χ2n) is 8.80. The van der Waals surface area contributed by atoms with Crippen LogP contribution in [0.1, 0.15) is 24.2 Å². The van der Waals surface area contributed by atoms with Crippen LogP contribution < -0.4 is 9.64 Å². The number of hydrogen-bond donors (Lipinski definition) is 1. The molecule has 2 aromatic carbocycles. The highest BCUT2D eigenvalue weighted by molar-refractivity contribution is 7.89. The molecule has 9 heteroatoms. The number of hydrogen-bond acceptors (Lipinski definition) is 6. The van der Waals surface area contributed by atoms with E-state index in [0.717, 1.165) is 5.69 Å². The van der Waals surface area contributed by atoms with Crippen molar-refractivity contribution in [1.82, 2.24) is 9.21 Å². The summed E-state index contributed by atoms with van der Waals surface area (Å²) in [6.45, 7) is 3.99. The highest BCUT2D eigenvalue weighted by atomic mass is 32.2. The summed E-state index contributed by atoms with van der Waals surface area (Å²) >= 11 is 0. The predicted octanol–water partition coefficient (Wildman–Crippen LogP) is 2.29. The number of amides is 1. The first-order valence-electron chi connectivity index (χ1n) is 11.0. The molecular formula is C24H33N3O5S. The number of sulfonamides is 1. The molecule has 0 aliphatic carbocycles. The maximum Gasteiger partial charge on any atom is 0.258 e. The molecule has 8 nitrogen and oxygen atoms in total. The van der Waals surface area contributed by atoms with Gasteiger partial charge in [0.05, 0.1) is 29.7 Å². The van der Waals surface area contributed by atoms with Gasteiger partial charge in [-0.1, -0.05) is 25.1 Å². The molecule has 3 atom stereocenters. The topological polar surface area (TPSA) is 90.4 Å². The Hall–Kier alpha value is -2.62. The van der Waals surface area contributed by atoms with Crippen molar-refractivity contribution in [2.45, 2.75) is 30.9 Å². The predicted molar refractivity (Wildman–Crippen MR) is 128 cm³/mol. The minimum Gasteiger partial charge on any atom is -0.488 e. The number of aliphatic hydroxyl groups is 1. The van der Waals surface area contributed by atoms with Gasteiger partial charge in [0.15, 0.2) is 0 Å². The first-order chi connectivity index (χ1) is 15.6. The van der Waals surface area contributed by atoms with E-state index < -0.39 is 16.1 Å². The quantitative estimate of drug-likeness (QED) is 0.661. The molecule has 180 valence electrons. The summed E-state index contributed by atoms with van der Waals surface area (Å²) in [6, 6.07) is 13.3. The minimum absolute atomic E-state index is 0.114. The van der Waals surface area contributed by atoms with Gasteiger partial charge in [-0.25, -0.2) is 8.42 Å². The molecule has 1 heterocycles. The Morgan fingerprint density at radius 3 is 2.42 bits per heavy atom. The van der Waals surface area contributed by atoms with E-state index in [1.807, 2.05) is 32.0 Å². The highest BCUT2D eigenvalue weighted by Crippen LogP contribution is 2.31. The van der Waals surface area contributed by atoms with Crippen molar-refractivity contribution in [2.24, 2.45) is 5.92 Å². The lowest BCUT2D eigenvalue weighted by molar-refractivity contribution is 0.0387. The van der Waals surface area contributed by atoms with Gasteiger partial charge in [-0.3, -0.25) is 4.79 Å². The number of carbonyl (C=O) groups excluding carboxylic acids is 1. The SMILES string of the molecule is C[C@H]1CN([C@@H](C)CO)C(=O)c2cc(N(C)C)ccc2O[C@H]1CN(C)S(=O)(=O)c1ccccc1. The number of anilines is 1. The monoisotopic (exact) mass is 475 g/mol. The third-order valence-electron chi connectivity index (χ3n) is 6.05. The van der Waals surface area contributed by atoms with E-state index in [2.05, 4.69) is 0 Å². The molecule has 3 rings (SSSR count). The van der Waals surface area contributed by atoms with Crippen molar-refractivity contribution in [2.75, 3.05) is 45.7 Å². The summed E-state index contributed by atoms with van der Waals surface area (Å²) in [5, 5.41) is 9.77. The fourth-order valence-corrected chi connectivity index (χ4v) is 5.03. The third-order valence-corrected chi connectivity index (χ3v) is 7.89. The maximum atomic E-state index is 13.4. The van der Waals surface area contributed by atoms with Crippen molar-refractivity contribution >= 4 is 21.6 Å². The van der Waals surface area contributed by atoms with E-state index >= 15 is 0 Å². The summed E-state index contributed by atoms with van der Waals surface area (Å²) in [5.74, 6) is 0.00617. The largest absolute Gasteiger partial charge is 0.488 e. The average Bonchev–Trinajstić information content (AvgIpc) is 2.80. The van der Waals surface area contributed by atoms with Crippen LogP contribution in [-0.2, 0) is 10.0 Å². The van der Waals surface area contributed by atoms with Crippen LogP contribution in [-0.4, -0.2) is 81.6 Å². The lowest BCUT2D eigenvalue weighted by atomic mass is 9.99. The van der Waals surface area contributed by atoms with Crippen molar-refractivity contribution in [1.29, 1.82) is 0 Å². The third kappa shape index (κ3) is 5.31. The summed E-state index contributed by atoms with van der Waals surface area (Å²) in [6.07, 6.45) is -0.501. The van der Waals surface area contributed by atoms with Crippen LogP contribution in [0, 0.1) is 5.92 Å². The Morgan fingerprint density at radius 2 is 1.82 bits per heavy atom. The van der Waals surface area contributed by atoms with Crippen LogP contribution in [0.4, 0.5) is 5.69 Å². The van der Waals surface area contributed by atoms with Crippen LogP contribution >= 0.6 is 0 Å². The van der Waals surface area contributed by atoms with E-state index in [-0.39, 0.29) is 35.9 Å². The summed E-state index contributed by atoms with van der Waals surface area (Å²) in [4.78, 5) is 17.1. The number of benzene rings is 2. The number of likely N-dealkylation sites (N-methyl/N-ethyl adjacent to an activating group) is 1. The standard InChI is InChI=1S/C24H33N3O5S/c1-17-14-27(18(2)16-28)24(29)21-13-19(25(3)4)11-12-22(21)32-23(17)15-26(5)33(30,31)20-9-7-6-8-10-20/h6-13,17-18,23,28H,14-16H2,1-5H3/t17-,18-,23-/m0/s1. The Bertz CT molecular complexity index is 1070. The van der Waals surface area contributed by atoms with Gasteiger partial charge < -0.3 is 19.6 Å². The molecule has 33 heavy (non-hydrogen) atoms. The molecule has 0 aromatic heterocycles. The lowest BCUT2D eigenvalue weighted by Gasteiger charge is -2.38. The fourth-order valence-electron chi connectivity index (χ4n) is 3.83. The van der Waals surface area contributed by atoms with Crippen LogP contribution in [0.3, 0.4) is 0 Å². The Balaban J connectivity index is 1.98. The molecule has 0 unspecified atom stereocenters. The Kier molecular flexibility index (Phi) is 7.66. The molecule has 2 aromatic rings. The molecule has 1 amide bonds. The van der Waals surface area contributed by atoms with Crippen LogP contribution in [0.2, 0.25) is 0 Å². The number of carbonyl (C=O) groups is 1. The zero-order chi connectivity index (χ0) is 24.3. The van der Waals surface area contributed by atoms with E-state index in [1.54, 1.807) is 54.3 Å². The van der Waals surface area contributed by atoms with Gasteiger partial charge in [-0.2, -0.15) is 4.31 Å². The smallest absolute Gasteiger partial charge is 0.258 e. The zero-order valence-corrected chi connectivity index (χ0v) is 20.6. The van der Waals surface area contributed by atoms with Crippen molar-refractivity contribution in [3.8, 4) is 5.75 Å². The minimum atomic E-state index is -3.70. The van der Waals surface area contributed by atoms with E-state index in [4.69, 9.17) is 4.74 Å². The molecule has 1 aliphatic rings. The second kappa shape index (κ2) is 10.1. The normalized spacial score (nSPS) is 20.0. The lowest BCUT2D eigenvalue weighted by Crippen LogP contribution is -2.50. The van der Waals surface area contributed by atoms with E-state index in [1.165, 1.54) is 11.4 Å². The average molecular weight is 476 g/mol. The van der Waals surface area contributed by atoms with Crippen molar-refractivity contribution < 1.29 is 23.1 Å². The maximum absolute atomic E-state index is 13.4. The Morgan fingerprint density at radius 1 is 1.15 bits per heavy atom. The summed E-state index contributed by atoms with van der Waals surface area (Å²) < 4.78 is 33.7. The number of ether oxygens (including phenoxy) is 1. The summed E-state index contributed by atoms with van der Waals surface area (Å²) in [5.41, 5.74) is 1.24. The number of nitrogens with zero attached hydrogens (tertiary/aromatic N) is 3. The molecule has 0 saturated heterocycles. The number of aliphatic hydroxyl groups excluding tert-OH is 1. The van der Waals surface area contributed by atoms with Gasteiger partial charge in [-0.05, 0) is 37.3 Å². The summed E-state index contributed by atoms with van der Waals surface area (Å²) in [7, 11) is 1.61. The van der Waals surface area contributed by atoms with Crippen LogP contribution in [0.15, 0.2) is 53.4 Å². The van der Waals surface area contributed by atoms with Crippen molar-refractivity contribution in [3.63, 3.8) is 0 Å². The van der Waals surface area contributed by atoms with Gasteiger partial charge in [0.1, 0.15) is 11.9 Å². The van der Waals surface area contributed by atoms with Crippen molar-refractivity contribution in [3.05, 3.63) is 54.1 Å². The highest BCUT2D eigenvalue weighted by Gasteiger charge is 2.35. The van der Waals surface area contributed by atoms with Crippen LogP contribution in [0.5, 0.6) is 5.75 Å². The van der Waals surface area contributed by atoms with E-state index in [0.29, 0.717) is 17.9 Å². The molecule has 0 spiro atoms. The molecular weight excluding hydrogens is 442 g/mol. The van der Waals surface area contributed by atoms with Gasteiger partial charge in [0, 0.05) is 39.3 Å². The van der Waals surface area contributed by atoms with Gasteiger partial charge in [0.2, 0.25) is 10.0 Å². The zero-order valence-electron chi connectivity index (χ0n) is 19.8. The van der Waals surface area contributed by atoms with Gasteiger partial charge in [0.25, 0.3) is 5.91 Å². The van der Waals surface area contributed by atoms with Gasteiger partial charge >= 0.3 is 0 Å². The molecule has 0 bridgehead atoms.